The summed E-state index contributed by atoms with van der Waals surface area (Å²) in [6, 6.07) is 12.0. The van der Waals surface area contributed by atoms with E-state index in [1.165, 1.54) is 5.56 Å². The number of imidazole rings is 1. The third kappa shape index (κ3) is 2.37. The first kappa shape index (κ1) is 14.3. The quantitative estimate of drug-likeness (QED) is 0.727. The molecule has 0 N–H and O–H groups in total. The zero-order valence-electron chi connectivity index (χ0n) is 13.3. The minimum absolute atomic E-state index is 0.0475. The van der Waals surface area contributed by atoms with Crippen LogP contribution in [0.25, 0.3) is 16.9 Å². The van der Waals surface area contributed by atoms with Crippen molar-refractivity contribution in [3.8, 4) is 11.3 Å². The van der Waals surface area contributed by atoms with Crippen LogP contribution in [-0.4, -0.2) is 34.3 Å². The van der Waals surface area contributed by atoms with Gasteiger partial charge in [-0.1, -0.05) is 35.9 Å². The van der Waals surface area contributed by atoms with Crippen molar-refractivity contribution in [2.75, 3.05) is 14.1 Å². The van der Waals surface area contributed by atoms with Gasteiger partial charge in [0.05, 0.1) is 0 Å². The number of amides is 1. The fourth-order valence-corrected chi connectivity index (χ4v) is 2.48. The molecule has 1 amide bonds. The SMILES string of the molecule is Cc1ccc(-c2nc3ccc(C)cn3c2C(=O)N(C)C)cc1. The first-order valence-corrected chi connectivity index (χ1v) is 7.25. The van der Waals surface area contributed by atoms with E-state index in [0.717, 1.165) is 22.5 Å². The van der Waals surface area contributed by atoms with Crippen molar-refractivity contribution in [1.82, 2.24) is 14.3 Å². The van der Waals surface area contributed by atoms with E-state index in [1.54, 1.807) is 19.0 Å². The average Bonchev–Trinajstić information content (AvgIpc) is 2.85. The number of aryl methyl sites for hydroxylation is 2. The molecule has 0 saturated heterocycles. The molecule has 3 rings (SSSR count). The molecule has 4 nitrogen and oxygen atoms in total. The standard InChI is InChI=1S/C18H19N3O/c1-12-5-8-14(9-6-12)16-17(18(22)20(3)4)21-11-13(2)7-10-15(21)19-16/h5-11H,1-4H3. The van der Waals surface area contributed by atoms with Crippen LogP contribution in [0.4, 0.5) is 0 Å². The number of carbonyl (C=O) groups is 1. The largest absolute Gasteiger partial charge is 0.343 e. The second kappa shape index (κ2) is 5.30. The zero-order valence-corrected chi connectivity index (χ0v) is 13.3. The second-order valence-corrected chi connectivity index (χ2v) is 5.81. The molecule has 4 heteroatoms. The lowest BCUT2D eigenvalue weighted by molar-refractivity contribution is 0.0822. The smallest absolute Gasteiger partial charge is 0.272 e. The first-order chi connectivity index (χ1) is 10.5. The normalized spacial score (nSPS) is 10.9. The average molecular weight is 293 g/mol. The van der Waals surface area contributed by atoms with Gasteiger partial charge in [-0.15, -0.1) is 0 Å². The molecule has 1 aromatic carbocycles. The lowest BCUT2D eigenvalue weighted by Gasteiger charge is -2.12. The molecular weight excluding hydrogens is 274 g/mol. The van der Waals surface area contributed by atoms with Gasteiger partial charge in [-0.05, 0) is 25.5 Å². The maximum atomic E-state index is 12.7. The van der Waals surface area contributed by atoms with Crippen LogP contribution >= 0.6 is 0 Å². The van der Waals surface area contributed by atoms with Crippen molar-refractivity contribution in [3.63, 3.8) is 0 Å². The molecule has 112 valence electrons. The van der Waals surface area contributed by atoms with Crippen molar-refractivity contribution in [3.05, 3.63) is 59.4 Å². The number of carbonyl (C=O) groups excluding carboxylic acids is 1. The van der Waals surface area contributed by atoms with Crippen LogP contribution in [0.2, 0.25) is 0 Å². The van der Waals surface area contributed by atoms with E-state index in [0.29, 0.717) is 5.69 Å². The monoisotopic (exact) mass is 293 g/mol. The van der Waals surface area contributed by atoms with Crippen LogP contribution < -0.4 is 0 Å². The molecule has 2 aromatic heterocycles. The lowest BCUT2D eigenvalue weighted by Crippen LogP contribution is -2.23. The Balaban J connectivity index is 2.31. The van der Waals surface area contributed by atoms with Gasteiger partial charge in [0.1, 0.15) is 17.0 Å². The van der Waals surface area contributed by atoms with Gasteiger partial charge in [-0.3, -0.25) is 9.20 Å². The molecule has 0 spiro atoms. The summed E-state index contributed by atoms with van der Waals surface area (Å²) in [5.74, 6) is -0.0475. The van der Waals surface area contributed by atoms with E-state index in [9.17, 15) is 4.79 Å². The minimum Gasteiger partial charge on any atom is -0.343 e. The molecular formula is C18H19N3O. The maximum absolute atomic E-state index is 12.7. The summed E-state index contributed by atoms with van der Waals surface area (Å²) in [5, 5.41) is 0. The summed E-state index contributed by atoms with van der Waals surface area (Å²) < 4.78 is 1.88. The van der Waals surface area contributed by atoms with Crippen molar-refractivity contribution in [1.29, 1.82) is 0 Å². The predicted molar refractivity (Wildman–Crippen MR) is 88.1 cm³/mol. The molecule has 0 saturated carbocycles. The van der Waals surface area contributed by atoms with E-state index >= 15 is 0 Å². The number of nitrogens with zero attached hydrogens (tertiary/aromatic N) is 3. The highest BCUT2D eigenvalue weighted by molar-refractivity contribution is 5.99. The summed E-state index contributed by atoms with van der Waals surface area (Å²) in [4.78, 5) is 18.9. The van der Waals surface area contributed by atoms with Gasteiger partial charge in [0.15, 0.2) is 0 Å². The number of fused-ring (bicyclic) bond motifs is 1. The van der Waals surface area contributed by atoms with Crippen molar-refractivity contribution >= 4 is 11.6 Å². The van der Waals surface area contributed by atoms with Gasteiger partial charge in [0.25, 0.3) is 5.91 Å². The maximum Gasteiger partial charge on any atom is 0.272 e. The molecule has 2 heterocycles. The van der Waals surface area contributed by atoms with Gasteiger partial charge >= 0.3 is 0 Å². The molecule has 3 aromatic rings. The number of aromatic nitrogens is 2. The number of benzene rings is 1. The fraction of sp³-hybridized carbons (Fsp3) is 0.222. The van der Waals surface area contributed by atoms with E-state index < -0.39 is 0 Å². The van der Waals surface area contributed by atoms with Crippen LogP contribution in [0.1, 0.15) is 21.6 Å². The van der Waals surface area contributed by atoms with Gasteiger partial charge < -0.3 is 4.90 Å². The van der Waals surface area contributed by atoms with Crippen molar-refractivity contribution in [2.24, 2.45) is 0 Å². The topological polar surface area (TPSA) is 37.6 Å². The second-order valence-electron chi connectivity index (χ2n) is 5.81. The minimum atomic E-state index is -0.0475. The van der Waals surface area contributed by atoms with Crippen molar-refractivity contribution < 1.29 is 4.79 Å². The molecule has 0 aliphatic rings. The first-order valence-electron chi connectivity index (χ1n) is 7.25. The van der Waals surface area contributed by atoms with Crippen LogP contribution in [0.3, 0.4) is 0 Å². The molecule has 0 radical (unpaired) electrons. The summed E-state index contributed by atoms with van der Waals surface area (Å²) in [6.07, 6.45) is 1.96. The summed E-state index contributed by atoms with van der Waals surface area (Å²) in [6.45, 7) is 4.05. The van der Waals surface area contributed by atoms with Crippen molar-refractivity contribution in [2.45, 2.75) is 13.8 Å². The highest BCUT2D eigenvalue weighted by Crippen LogP contribution is 2.26. The van der Waals surface area contributed by atoms with Crippen LogP contribution in [-0.2, 0) is 0 Å². The van der Waals surface area contributed by atoms with Crippen LogP contribution in [0.5, 0.6) is 0 Å². The summed E-state index contributed by atoms with van der Waals surface area (Å²) in [7, 11) is 3.52. The van der Waals surface area contributed by atoms with Crippen LogP contribution in [0, 0.1) is 13.8 Å². The van der Waals surface area contributed by atoms with Gasteiger partial charge in [0, 0.05) is 25.9 Å². The van der Waals surface area contributed by atoms with E-state index in [2.05, 4.69) is 4.98 Å². The van der Waals surface area contributed by atoms with E-state index in [1.807, 2.05) is 60.8 Å². The highest BCUT2D eigenvalue weighted by Gasteiger charge is 2.21. The van der Waals surface area contributed by atoms with E-state index in [4.69, 9.17) is 0 Å². The lowest BCUT2D eigenvalue weighted by atomic mass is 10.1. The molecule has 0 aliphatic heterocycles. The van der Waals surface area contributed by atoms with Gasteiger partial charge in [-0.25, -0.2) is 4.98 Å². The Morgan fingerprint density at radius 1 is 1.00 bits per heavy atom. The number of hydrogen-bond acceptors (Lipinski definition) is 2. The highest BCUT2D eigenvalue weighted by atomic mass is 16.2. The zero-order chi connectivity index (χ0) is 15.9. The Kier molecular flexibility index (Phi) is 3.45. The Morgan fingerprint density at radius 2 is 1.64 bits per heavy atom. The molecule has 0 atom stereocenters. The summed E-state index contributed by atoms with van der Waals surface area (Å²) >= 11 is 0. The van der Waals surface area contributed by atoms with Gasteiger partial charge in [0.2, 0.25) is 0 Å². The molecule has 0 unspecified atom stereocenters. The summed E-state index contributed by atoms with van der Waals surface area (Å²) in [5.41, 5.74) is 5.34. The fourth-order valence-electron chi connectivity index (χ4n) is 2.48. The Labute approximate surface area is 130 Å². The Bertz CT molecular complexity index is 845. The Morgan fingerprint density at radius 3 is 2.27 bits per heavy atom. The molecule has 0 fully saturated rings. The number of pyridine rings is 1. The van der Waals surface area contributed by atoms with Crippen LogP contribution in [0.15, 0.2) is 42.6 Å². The molecule has 22 heavy (non-hydrogen) atoms. The third-order valence-corrected chi connectivity index (χ3v) is 3.70. The number of hydrogen-bond donors (Lipinski definition) is 0. The van der Waals surface area contributed by atoms with Gasteiger partial charge in [-0.2, -0.15) is 0 Å². The molecule has 0 aliphatic carbocycles. The molecule has 0 bridgehead atoms. The Hall–Kier alpha value is -2.62. The number of rotatable bonds is 2. The third-order valence-electron chi connectivity index (χ3n) is 3.70. The predicted octanol–water partition coefficient (Wildman–Crippen LogP) is 3.32. The van der Waals surface area contributed by atoms with E-state index in [-0.39, 0.29) is 5.91 Å².